The highest BCUT2D eigenvalue weighted by molar-refractivity contribution is 5.47. The lowest BCUT2D eigenvalue weighted by atomic mass is 10.1. The van der Waals surface area contributed by atoms with Crippen molar-refractivity contribution < 1.29 is 9.15 Å². The molecule has 16 heavy (non-hydrogen) atoms. The lowest BCUT2D eigenvalue weighted by Gasteiger charge is -2.13. The van der Waals surface area contributed by atoms with Crippen molar-refractivity contribution in [3.63, 3.8) is 0 Å². The van der Waals surface area contributed by atoms with E-state index in [1.807, 2.05) is 16.8 Å². The third kappa shape index (κ3) is 1.63. The first-order valence-electron chi connectivity index (χ1n) is 5.37. The summed E-state index contributed by atoms with van der Waals surface area (Å²) in [5, 5.41) is 0. The van der Waals surface area contributed by atoms with Gasteiger partial charge >= 0.3 is 5.76 Å². The SMILES string of the molecule is O=c1nc2n(C[C@H]3CCOC3)cccc-2o1. The Kier molecular flexibility index (Phi) is 2.25. The van der Waals surface area contributed by atoms with Gasteiger partial charge in [0.15, 0.2) is 11.6 Å². The molecule has 1 fully saturated rings. The van der Waals surface area contributed by atoms with Crippen LogP contribution in [0.5, 0.6) is 0 Å². The molecule has 3 aliphatic heterocycles. The maximum absolute atomic E-state index is 11.1. The molecule has 0 aromatic rings. The molecular formula is C11H12N2O3. The molecule has 0 aromatic heterocycles. The number of pyridine rings is 1. The van der Waals surface area contributed by atoms with Crippen molar-refractivity contribution in [2.24, 2.45) is 5.92 Å². The minimum atomic E-state index is -0.530. The molecule has 5 heteroatoms. The predicted octanol–water partition coefficient (Wildman–Crippen LogP) is 0.978. The van der Waals surface area contributed by atoms with Gasteiger partial charge in [0.2, 0.25) is 0 Å². The van der Waals surface area contributed by atoms with Crippen LogP contribution in [0.25, 0.3) is 11.6 Å². The van der Waals surface area contributed by atoms with Crippen molar-refractivity contribution in [1.29, 1.82) is 0 Å². The lowest BCUT2D eigenvalue weighted by Crippen LogP contribution is -2.13. The minimum absolute atomic E-state index is 0.502. The smallest absolute Gasteiger partial charge is 0.405 e. The summed E-state index contributed by atoms with van der Waals surface area (Å²) in [5.74, 6) is 1.14. The molecule has 0 aromatic carbocycles. The van der Waals surface area contributed by atoms with Crippen LogP contribution in [0, 0.1) is 5.92 Å². The fraction of sp³-hybridized carbons (Fsp3) is 0.455. The molecular weight excluding hydrogens is 208 g/mol. The highest BCUT2D eigenvalue weighted by Crippen LogP contribution is 2.21. The first-order chi connectivity index (χ1) is 7.83. The molecule has 1 saturated heterocycles. The first kappa shape index (κ1) is 9.59. The minimum Gasteiger partial charge on any atom is -0.405 e. The molecule has 0 amide bonds. The summed E-state index contributed by atoms with van der Waals surface area (Å²) in [6, 6.07) is 3.62. The van der Waals surface area contributed by atoms with Gasteiger partial charge in [-0.25, -0.2) is 4.79 Å². The summed E-state index contributed by atoms with van der Waals surface area (Å²) in [5.41, 5.74) is 0. The van der Waals surface area contributed by atoms with Crippen LogP contribution in [0.1, 0.15) is 6.42 Å². The van der Waals surface area contributed by atoms with Crippen LogP contribution in [0.4, 0.5) is 0 Å². The summed E-state index contributed by atoms with van der Waals surface area (Å²) in [6.07, 6.45) is 2.98. The third-order valence-corrected chi connectivity index (χ3v) is 2.88. The van der Waals surface area contributed by atoms with Crippen molar-refractivity contribution in [3.05, 3.63) is 28.9 Å². The second-order valence-electron chi connectivity index (χ2n) is 4.06. The van der Waals surface area contributed by atoms with Crippen LogP contribution >= 0.6 is 0 Å². The Morgan fingerprint density at radius 3 is 3.31 bits per heavy atom. The Morgan fingerprint density at radius 1 is 1.56 bits per heavy atom. The van der Waals surface area contributed by atoms with Gasteiger partial charge in [0.05, 0.1) is 6.61 Å². The molecule has 1 atom stereocenters. The lowest BCUT2D eigenvalue weighted by molar-refractivity contribution is 0.182. The van der Waals surface area contributed by atoms with Crippen molar-refractivity contribution in [2.75, 3.05) is 13.2 Å². The van der Waals surface area contributed by atoms with Crippen molar-refractivity contribution in [3.8, 4) is 11.6 Å². The number of aromatic nitrogens is 2. The van der Waals surface area contributed by atoms with E-state index in [9.17, 15) is 4.79 Å². The van der Waals surface area contributed by atoms with E-state index in [-0.39, 0.29) is 0 Å². The van der Waals surface area contributed by atoms with Crippen molar-refractivity contribution in [1.82, 2.24) is 9.55 Å². The maximum atomic E-state index is 11.1. The van der Waals surface area contributed by atoms with E-state index in [1.54, 1.807) is 6.07 Å². The standard InChI is InChI=1S/C11H12N2O3/c14-11-12-10-9(16-11)2-1-4-13(10)6-8-3-5-15-7-8/h1-2,4,8H,3,5-7H2/t8-/m1/s1. The molecule has 0 spiro atoms. The Bertz CT molecular complexity index is 510. The fourth-order valence-corrected chi connectivity index (χ4v) is 2.08. The number of fused-ring (bicyclic) bond motifs is 1. The highest BCUT2D eigenvalue weighted by atomic mass is 16.5. The zero-order valence-corrected chi connectivity index (χ0v) is 8.76. The zero-order chi connectivity index (χ0) is 11.0. The van der Waals surface area contributed by atoms with Gasteiger partial charge in [0.1, 0.15) is 0 Å². The Hall–Kier alpha value is -1.62. The van der Waals surface area contributed by atoms with Gasteiger partial charge in [-0.15, -0.1) is 0 Å². The first-order valence-corrected chi connectivity index (χ1v) is 5.37. The average molecular weight is 220 g/mol. The fourth-order valence-electron chi connectivity index (χ4n) is 2.08. The monoisotopic (exact) mass is 220 g/mol. The van der Waals surface area contributed by atoms with Crippen molar-refractivity contribution in [2.45, 2.75) is 13.0 Å². The van der Waals surface area contributed by atoms with E-state index in [0.717, 1.165) is 26.2 Å². The second kappa shape index (κ2) is 3.75. The molecule has 0 unspecified atom stereocenters. The van der Waals surface area contributed by atoms with Crippen LogP contribution in [0.15, 0.2) is 27.5 Å². The van der Waals surface area contributed by atoms with Crippen LogP contribution in [0.2, 0.25) is 0 Å². The maximum Gasteiger partial charge on any atom is 0.441 e. The van der Waals surface area contributed by atoms with Gasteiger partial charge in [-0.1, -0.05) is 0 Å². The summed E-state index contributed by atoms with van der Waals surface area (Å²) in [4.78, 5) is 14.9. The van der Waals surface area contributed by atoms with E-state index in [4.69, 9.17) is 9.15 Å². The van der Waals surface area contributed by atoms with Gasteiger partial charge in [-0.3, -0.25) is 0 Å². The second-order valence-corrected chi connectivity index (χ2v) is 4.06. The van der Waals surface area contributed by atoms with Crippen LogP contribution < -0.4 is 5.76 Å². The summed E-state index contributed by atoms with van der Waals surface area (Å²) >= 11 is 0. The number of hydrogen-bond donors (Lipinski definition) is 0. The zero-order valence-electron chi connectivity index (χ0n) is 8.76. The summed E-state index contributed by atoms with van der Waals surface area (Å²) in [6.45, 7) is 2.43. The molecule has 0 N–H and O–H groups in total. The number of ether oxygens (including phenoxy) is 1. The Balaban J connectivity index is 1.94. The largest absolute Gasteiger partial charge is 0.441 e. The van der Waals surface area contributed by atoms with E-state index in [1.165, 1.54) is 0 Å². The number of rotatable bonds is 2. The Labute approximate surface area is 92.0 Å². The molecule has 3 heterocycles. The van der Waals surface area contributed by atoms with E-state index >= 15 is 0 Å². The van der Waals surface area contributed by atoms with Crippen LogP contribution in [-0.2, 0) is 11.3 Å². The van der Waals surface area contributed by atoms with Crippen LogP contribution in [-0.4, -0.2) is 22.8 Å². The topological polar surface area (TPSA) is 57.3 Å². The molecule has 3 rings (SSSR count). The Morgan fingerprint density at radius 2 is 2.50 bits per heavy atom. The van der Waals surface area contributed by atoms with Gasteiger partial charge < -0.3 is 13.7 Å². The number of oxazole rings is 1. The third-order valence-electron chi connectivity index (χ3n) is 2.88. The molecule has 5 nitrogen and oxygen atoms in total. The highest BCUT2D eigenvalue weighted by Gasteiger charge is 2.19. The van der Waals surface area contributed by atoms with Gasteiger partial charge in [-0.05, 0) is 18.6 Å². The summed E-state index contributed by atoms with van der Waals surface area (Å²) < 4.78 is 12.2. The molecule has 3 aliphatic rings. The van der Waals surface area contributed by atoms with Gasteiger partial charge in [0.25, 0.3) is 0 Å². The number of nitrogens with zero attached hydrogens (tertiary/aromatic N) is 2. The van der Waals surface area contributed by atoms with Gasteiger partial charge in [0, 0.05) is 25.3 Å². The molecule has 0 saturated carbocycles. The molecule has 0 aliphatic carbocycles. The molecule has 0 radical (unpaired) electrons. The van der Waals surface area contributed by atoms with Gasteiger partial charge in [-0.2, -0.15) is 4.98 Å². The van der Waals surface area contributed by atoms with Crippen LogP contribution in [0.3, 0.4) is 0 Å². The molecule has 0 bridgehead atoms. The average Bonchev–Trinajstić information content (AvgIpc) is 2.86. The quantitative estimate of drug-likeness (QED) is 0.757. The van der Waals surface area contributed by atoms with E-state index in [2.05, 4.69) is 4.98 Å². The van der Waals surface area contributed by atoms with E-state index < -0.39 is 5.76 Å². The number of hydrogen-bond acceptors (Lipinski definition) is 4. The van der Waals surface area contributed by atoms with E-state index in [0.29, 0.717) is 17.5 Å². The predicted molar refractivity (Wildman–Crippen MR) is 56.3 cm³/mol. The van der Waals surface area contributed by atoms with Crippen molar-refractivity contribution >= 4 is 0 Å². The molecule has 84 valence electrons. The normalized spacial score (nSPS) is 20.6. The summed E-state index contributed by atoms with van der Waals surface area (Å²) in [7, 11) is 0.